The van der Waals surface area contributed by atoms with E-state index < -0.39 is 0 Å². The van der Waals surface area contributed by atoms with E-state index in [0.29, 0.717) is 0 Å². The molecule has 0 radical (unpaired) electrons. The summed E-state index contributed by atoms with van der Waals surface area (Å²) in [6.07, 6.45) is 19.7. The van der Waals surface area contributed by atoms with Gasteiger partial charge in [0.05, 0.1) is 0 Å². The zero-order chi connectivity index (χ0) is 15.6. The summed E-state index contributed by atoms with van der Waals surface area (Å²) in [6.45, 7) is 4.89. The molecule has 126 valence electrons. The second-order valence-corrected chi connectivity index (χ2v) is 9.70. The minimum absolute atomic E-state index is 0.752. The fourth-order valence-corrected chi connectivity index (χ4v) is 4.39. The first-order valence-electron chi connectivity index (χ1n) is 9.09. The first kappa shape index (κ1) is 19.9. The first-order chi connectivity index (χ1) is 10.0. The van der Waals surface area contributed by atoms with Crippen molar-refractivity contribution in [2.24, 2.45) is 10.8 Å². The molecule has 0 nitrogen and oxygen atoms in total. The summed E-state index contributed by atoms with van der Waals surface area (Å²) in [5.74, 6) is 1.36. The monoisotopic (exact) mass is 376 g/mol. The van der Waals surface area contributed by atoms with E-state index in [0.717, 1.165) is 10.8 Å². The molecule has 0 spiro atoms. The van der Waals surface area contributed by atoms with Crippen LogP contribution < -0.4 is 0 Å². The van der Waals surface area contributed by atoms with Gasteiger partial charge in [-0.1, -0.05) is 55.5 Å². The van der Waals surface area contributed by atoms with Crippen LogP contribution in [-0.4, -0.2) is 17.3 Å². The highest BCUT2D eigenvalue weighted by Crippen LogP contribution is 2.45. The van der Waals surface area contributed by atoms with Gasteiger partial charge in [0.1, 0.15) is 0 Å². The van der Waals surface area contributed by atoms with Crippen molar-refractivity contribution in [1.29, 1.82) is 0 Å². The van der Waals surface area contributed by atoms with E-state index in [1.807, 2.05) is 11.8 Å². The van der Waals surface area contributed by atoms with Crippen LogP contribution in [0.15, 0.2) is 0 Å². The molecule has 2 saturated carbocycles. The lowest BCUT2D eigenvalue weighted by Gasteiger charge is -2.38. The Kier molecular flexibility index (Phi) is 10.0. The van der Waals surface area contributed by atoms with Crippen LogP contribution in [0.4, 0.5) is 0 Å². The number of halogens is 1. The highest BCUT2D eigenvalue weighted by atomic mass is 79.9. The molecule has 0 unspecified atom stereocenters. The van der Waals surface area contributed by atoms with Gasteiger partial charge >= 0.3 is 0 Å². The number of thioether (sulfide) groups is 1. The Morgan fingerprint density at radius 1 is 0.810 bits per heavy atom. The third-order valence-corrected chi connectivity index (χ3v) is 6.92. The molecule has 0 aromatic rings. The van der Waals surface area contributed by atoms with E-state index in [1.165, 1.54) is 88.1 Å². The lowest BCUT2D eigenvalue weighted by atomic mass is 9.67. The van der Waals surface area contributed by atoms with Crippen LogP contribution in [0.25, 0.3) is 0 Å². The van der Waals surface area contributed by atoms with Crippen LogP contribution >= 0.6 is 27.7 Å². The van der Waals surface area contributed by atoms with Crippen LogP contribution in [0.1, 0.15) is 90.9 Å². The molecule has 21 heavy (non-hydrogen) atoms. The van der Waals surface area contributed by atoms with Gasteiger partial charge in [-0.2, -0.15) is 11.8 Å². The van der Waals surface area contributed by atoms with Gasteiger partial charge in [-0.15, -0.1) is 0 Å². The maximum absolute atomic E-state index is 3.46. The predicted octanol–water partition coefficient (Wildman–Crippen LogP) is 7.45. The number of hydrogen-bond donors (Lipinski definition) is 0. The fourth-order valence-electron chi connectivity index (χ4n) is 3.51. The summed E-state index contributed by atoms with van der Waals surface area (Å²) in [4.78, 5) is 0. The summed E-state index contributed by atoms with van der Waals surface area (Å²) in [5, 5.41) is 1.18. The SMILES string of the molecule is CC1(CCCCBr)CCC1.CSCCCCC1(C)CCC1. The third kappa shape index (κ3) is 8.30. The molecular formula is C19H37BrS. The van der Waals surface area contributed by atoms with Crippen molar-refractivity contribution >= 4 is 27.7 Å². The average molecular weight is 377 g/mol. The molecule has 2 rings (SSSR count). The van der Waals surface area contributed by atoms with Crippen LogP contribution in [0.5, 0.6) is 0 Å². The van der Waals surface area contributed by atoms with Gasteiger partial charge in [-0.05, 0) is 74.2 Å². The van der Waals surface area contributed by atoms with Crippen molar-refractivity contribution in [1.82, 2.24) is 0 Å². The highest BCUT2D eigenvalue weighted by molar-refractivity contribution is 9.09. The van der Waals surface area contributed by atoms with E-state index in [2.05, 4.69) is 36.0 Å². The second kappa shape index (κ2) is 10.6. The Bertz CT molecular complexity index is 256. The molecule has 2 fully saturated rings. The molecule has 0 saturated heterocycles. The fraction of sp³-hybridized carbons (Fsp3) is 1.00. The van der Waals surface area contributed by atoms with Crippen LogP contribution in [-0.2, 0) is 0 Å². The number of alkyl halides is 1. The normalized spacial score (nSPS) is 21.7. The Morgan fingerprint density at radius 2 is 1.29 bits per heavy atom. The van der Waals surface area contributed by atoms with E-state index in [4.69, 9.17) is 0 Å². The molecule has 0 atom stereocenters. The molecule has 2 heteroatoms. The summed E-state index contributed by atoms with van der Waals surface area (Å²) < 4.78 is 0. The van der Waals surface area contributed by atoms with Gasteiger partial charge in [0.2, 0.25) is 0 Å². The topological polar surface area (TPSA) is 0 Å². The van der Waals surface area contributed by atoms with Crippen LogP contribution in [0.2, 0.25) is 0 Å². The second-order valence-electron chi connectivity index (χ2n) is 7.92. The molecule has 2 aliphatic rings. The number of hydrogen-bond acceptors (Lipinski definition) is 1. The van der Waals surface area contributed by atoms with Crippen molar-refractivity contribution < 1.29 is 0 Å². The standard InChI is InChI=1S/C10H20S.C9H17Br/c1-10(7-5-8-10)6-3-4-9-11-2;1-9(6-4-7-9)5-2-3-8-10/h3-9H2,1-2H3;2-8H2,1H3. The molecule has 0 bridgehead atoms. The van der Waals surface area contributed by atoms with Crippen LogP contribution in [0, 0.1) is 10.8 Å². The first-order valence-corrected chi connectivity index (χ1v) is 11.6. The highest BCUT2D eigenvalue weighted by Gasteiger charge is 2.31. The Morgan fingerprint density at radius 3 is 1.62 bits per heavy atom. The van der Waals surface area contributed by atoms with Gasteiger partial charge in [0.25, 0.3) is 0 Å². The van der Waals surface area contributed by atoms with E-state index in [-0.39, 0.29) is 0 Å². The van der Waals surface area contributed by atoms with Crippen molar-refractivity contribution in [2.75, 3.05) is 17.3 Å². The summed E-state index contributed by atoms with van der Waals surface area (Å²) >= 11 is 5.43. The molecule has 0 N–H and O–H groups in total. The largest absolute Gasteiger partial charge is 0.165 e. The molecule has 0 aromatic heterocycles. The van der Waals surface area contributed by atoms with Gasteiger partial charge < -0.3 is 0 Å². The number of rotatable bonds is 9. The van der Waals surface area contributed by atoms with Crippen molar-refractivity contribution in [2.45, 2.75) is 90.9 Å². The molecular weight excluding hydrogens is 340 g/mol. The van der Waals surface area contributed by atoms with E-state index in [1.54, 1.807) is 0 Å². The summed E-state index contributed by atoms with van der Waals surface area (Å²) in [5.41, 5.74) is 1.51. The van der Waals surface area contributed by atoms with E-state index in [9.17, 15) is 0 Å². The minimum atomic E-state index is 0.752. The van der Waals surface area contributed by atoms with Crippen molar-refractivity contribution in [3.63, 3.8) is 0 Å². The Balaban J connectivity index is 0.000000211. The van der Waals surface area contributed by atoms with Gasteiger partial charge in [0.15, 0.2) is 0 Å². The van der Waals surface area contributed by atoms with Crippen molar-refractivity contribution in [3.8, 4) is 0 Å². The molecule has 0 amide bonds. The summed E-state index contributed by atoms with van der Waals surface area (Å²) in [7, 11) is 0. The smallest absolute Gasteiger partial charge is 0.00313 e. The lowest BCUT2D eigenvalue weighted by Crippen LogP contribution is -2.25. The Labute approximate surface area is 146 Å². The third-order valence-electron chi connectivity index (χ3n) is 5.66. The van der Waals surface area contributed by atoms with Gasteiger partial charge in [-0.3, -0.25) is 0 Å². The minimum Gasteiger partial charge on any atom is -0.165 e. The molecule has 2 aliphatic carbocycles. The predicted molar refractivity (Wildman–Crippen MR) is 104 cm³/mol. The average Bonchev–Trinajstić information content (AvgIpc) is 2.41. The Hall–Kier alpha value is 0.830. The van der Waals surface area contributed by atoms with E-state index >= 15 is 0 Å². The maximum atomic E-state index is 3.46. The molecule has 0 aliphatic heterocycles. The zero-order valence-corrected chi connectivity index (χ0v) is 17.1. The lowest BCUT2D eigenvalue weighted by molar-refractivity contribution is 0.142. The molecule has 0 heterocycles. The van der Waals surface area contributed by atoms with Gasteiger partial charge in [-0.25, -0.2) is 0 Å². The number of unbranched alkanes of at least 4 members (excludes halogenated alkanes) is 2. The summed E-state index contributed by atoms with van der Waals surface area (Å²) in [6, 6.07) is 0. The van der Waals surface area contributed by atoms with Gasteiger partial charge in [0, 0.05) is 5.33 Å². The molecule has 0 aromatic carbocycles. The van der Waals surface area contributed by atoms with Crippen LogP contribution in [0.3, 0.4) is 0 Å². The quantitative estimate of drug-likeness (QED) is 0.297. The maximum Gasteiger partial charge on any atom is 0.00313 e. The zero-order valence-electron chi connectivity index (χ0n) is 14.7. The van der Waals surface area contributed by atoms with Crippen molar-refractivity contribution in [3.05, 3.63) is 0 Å².